The van der Waals surface area contributed by atoms with Crippen LogP contribution in [0.4, 0.5) is 13.2 Å². The Morgan fingerprint density at radius 1 is 1.21 bits per heavy atom. The van der Waals surface area contributed by atoms with Gasteiger partial charge in [0.2, 0.25) is 5.91 Å². The number of aromatic nitrogens is 1. The quantitative estimate of drug-likeness (QED) is 0.316. The molecule has 1 aromatic heterocycles. The van der Waals surface area contributed by atoms with Crippen LogP contribution in [0.5, 0.6) is 0 Å². The van der Waals surface area contributed by atoms with Gasteiger partial charge in [-0.05, 0) is 74.8 Å². The van der Waals surface area contributed by atoms with Crippen LogP contribution in [0.2, 0.25) is 0 Å². The topological polar surface area (TPSA) is 54.9 Å². The molecule has 1 atom stereocenters. The van der Waals surface area contributed by atoms with Gasteiger partial charge in [-0.15, -0.1) is 0 Å². The molecule has 0 spiro atoms. The highest BCUT2D eigenvalue weighted by molar-refractivity contribution is 5.84. The van der Waals surface area contributed by atoms with Gasteiger partial charge in [0.1, 0.15) is 5.76 Å². The Morgan fingerprint density at radius 3 is 2.59 bits per heavy atom. The van der Waals surface area contributed by atoms with E-state index in [1.165, 1.54) is 5.57 Å². The molecule has 1 saturated carbocycles. The number of amides is 1. The van der Waals surface area contributed by atoms with E-state index in [0.717, 1.165) is 44.5 Å². The minimum absolute atomic E-state index is 0.0247. The van der Waals surface area contributed by atoms with E-state index in [1.54, 1.807) is 19.1 Å². The third-order valence-electron chi connectivity index (χ3n) is 8.65. The lowest BCUT2D eigenvalue weighted by molar-refractivity contribution is -0.146. The molecule has 0 aromatic carbocycles. The monoisotopic (exact) mass is 547 g/mol. The Labute approximate surface area is 229 Å². The number of hydrogen-bond acceptors (Lipinski definition) is 5. The summed E-state index contributed by atoms with van der Waals surface area (Å²) in [4.78, 5) is 22.1. The second kappa shape index (κ2) is 12.3. The van der Waals surface area contributed by atoms with Crippen molar-refractivity contribution in [2.75, 3.05) is 40.5 Å². The molecular weight excluding hydrogens is 507 g/mol. The summed E-state index contributed by atoms with van der Waals surface area (Å²) >= 11 is 0. The Balaban J connectivity index is 1.40. The second-order valence-corrected chi connectivity index (χ2v) is 11.0. The largest absolute Gasteiger partial charge is 0.497 e. The number of rotatable bonds is 8. The van der Waals surface area contributed by atoms with Gasteiger partial charge in [0.05, 0.1) is 24.7 Å². The average molecular weight is 548 g/mol. The van der Waals surface area contributed by atoms with Crippen molar-refractivity contribution in [3.05, 3.63) is 65.2 Å². The fourth-order valence-corrected chi connectivity index (χ4v) is 6.44. The van der Waals surface area contributed by atoms with Crippen LogP contribution < -0.4 is 0 Å². The summed E-state index contributed by atoms with van der Waals surface area (Å²) in [6.45, 7) is 8.26. The summed E-state index contributed by atoms with van der Waals surface area (Å²) in [5, 5.41) is 0. The Hall–Kier alpha value is -2.65. The maximum atomic E-state index is 13.9. The molecule has 0 radical (unpaired) electrons. The van der Waals surface area contributed by atoms with Crippen LogP contribution >= 0.6 is 0 Å². The summed E-state index contributed by atoms with van der Waals surface area (Å²) in [6.07, 6.45) is 8.00. The highest BCUT2D eigenvalue weighted by Crippen LogP contribution is 2.40. The minimum atomic E-state index is -4.46. The highest BCUT2D eigenvalue weighted by atomic mass is 19.4. The lowest BCUT2D eigenvalue weighted by Crippen LogP contribution is -2.50. The van der Waals surface area contributed by atoms with E-state index in [0.29, 0.717) is 61.5 Å². The Morgan fingerprint density at radius 2 is 1.95 bits per heavy atom. The molecule has 6 nitrogen and oxygen atoms in total. The molecule has 0 N–H and O–H groups in total. The van der Waals surface area contributed by atoms with Crippen molar-refractivity contribution in [3.8, 4) is 0 Å². The summed E-state index contributed by atoms with van der Waals surface area (Å²) in [6, 6.07) is 1.55. The summed E-state index contributed by atoms with van der Waals surface area (Å²) < 4.78 is 50.5. The van der Waals surface area contributed by atoms with Crippen LogP contribution in [0.25, 0.3) is 0 Å². The van der Waals surface area contributed by atoms with Crippen LogP contribution in [0.1, 0.15) is 55.8 Å². The third-order valence-corrected chi connectivity index (χ3v) is 8.65. The third kappa shape index (κ3) is 6.57. The first-order valence-corrected chi connectivity index (χ1v) is 13.7. The number of allylic oxidation sites excluding steroid dienone is 4. The normalized spacial score (nSPS) is 26.6. The smallest absolute Gasteiger partial charge is 0.417 e. The number of fused-ring (bicyclic) bond motifs is 1. The van der Waals surface area contributed by atoms with E-state index in [9.17, 15) is 18.0 Å². The molecule has 1 amide bonds. The molecule has 1 aromatic rings. The van der Waals surface area contributed by atoms with Gasteiger partial charge in [-0.3, -0.25) is 14.7 Å². The number of hydrogen-bond donors (Lipinski definition) is 0. The van der Waals surface area contributed by atoms with Gasteiger partial charge in [-0.25, -0.2) is 0 Å². The second-order valence-electron chi connectivity index (χ2n) is 11.0. The molecular formula is C30H40F3N3O3. The van der Waals surface area contributed by atoms with Gasteiger partial charge in [0, 0.05) is 51.1 Å². The van der Waals surface area contributed by atoms with Crippen molar-refractivity contribution in [3.63, 3.8) is 0 Å². The van der Waals surface area contributed by atoms with Gasteiger partial charge in [-0.2, -0.15) is 13.2 Å². The molecule has 214 valence electrons. The predicted molar refractivity (Wildman–Crippen MR) is 144 cm³/mol. The zero-order chi connectivity index (χ0) is 28.2. The summed E-state index contributed by atoms with van der Waals surface area (Å²) in [5.74, 6) is 1.10. The Kier molecular flexibility index (Phi) is 9.21. The van der Waals surface area contributed by atoms with E-state index in [4.69, 9.17) is 9.47 Å². The lowest BCUT2D eigenvalue weighted by atomic mass is 9.80. The number of alkyl halides is 3. The Bertz CT molecular complexity index is 1110. The average Bonchev–Trinajstić information content (AvgIpc) is 3.37. The number of likely N-dealkylation sites (tertiary alicyclic amines) is 1. The van der Waals surface area contributed by atoms with Crippen LogP contribution in [0.15, 0.2) is 48.4 Å². The van der Waals surface area contributed by atoms with E-state index in [-0.39, 0.29) is 12.5 Å². The van der Waals surface area contributed by atoms with Crippen molar-refractivity contribution < 1.29 is 27.4 Å². The molecule has 9 heteroatoms. The highest BCUT2D eigenvalue weighted by Gasteiger charge is 2.49. The minimum Gasteiger partial charge on any atom is -0.497 e. The van der Waals surface area contributed by atoms with E-state index in [2.05, 4.69) is 35.5 Å². The molecule has 2 fully saturated rings. The van der Waals surface area contributed by atoms with Crippen molar-refractivity contribution >= 4 is 5.91 Å². The zero-order valence-electron chi connectivity index (χ0n) is 23.2. The maximum absolute atomic E-state index is 13.9. The van der Waals surface area contributed by atoms with Crippen molar-refractivity contribution in [1.29, 1.82) is 0 Å². The number of carbonyl (C=O) groups is 1. The van der Waals surface area contributed by atoms with E-state index in [1.807, 2.05) is 6.08 Å². The van der Waals surface area contributed by atoms with Crippen molar-refractivity contribution in [1.82, 2.24) is 14.8 Å². The van der Waals surface area contributed by atoms with Gasteiger partial charge < -0.3 is 14.4 Å². The summed E-state index contributed by atoms with van der Waals surface area (Å²) in [5.41, 5.74) is 0.957. The number of carbonyl (C=O) groups excluding carboxylic acids is 1. The predicted octanol–water partition coefficient (Wildman–Crippen LogP) is 5.55. The molecule has 2 aliphatic heterocycles. The number of ether oxygens (including phenoxy) is 2. The number of nitrogens with zero attached hydrogens (tertiary/aromatic N) is 3. The molecule has 0 bridgehead atoms. The molecule has 1 saturated heterocycles. The van der Waals surface area contributed by atoms with Gasteiger partial charge in [0.25, 0.3) is 0 Å². The first-order valence-electron chi connectivity index (χ1n) is 13.7. The standard InChI is InChI=1S/C30H40F3N3O3/c1-5-22(7-6-21(2)39-4)23-8-10-26(11-9-23)36-15-13-29(19-36,20-38-3)28(37)35-14-12-27-24(18-35)16-25(17-34-27)30(31,32)33/h5-7,16-17,23,26H,2,8-15,18-20H2,1,3-4H3/b7-6-,22-5+. The molecule has 3 heterocycles. The molecule has 4 rings (SSSR count). The van der Waals surface area contributed by atoms with E-state index >= 15 is 0 Å². The van der Waals surface area contributed by atoms with Crippen LogP contribution in [0, 0.1) is 11.3 Å². The number of halogens is 3. The fraction of sp³-hybridized carbons (Fsp3) is 0.600. The number of methoxy groups -OCH3 is 2. The first-order chi connectivity index (χ1) is 18.6. The molecule has 1 unspecified atom stereocenters. The van der Waals surface area contributed by atoms with Gasteiger partial charge in [0.15, 0.2) is 0 Å². The van der Waals surface area contributed by atoms with Crippen LogP contribution in [-0.4, -0.2) is 67.2 Å². The van der Waals surface area contributed by atoms with Crippen LogP contribution in [-0.2, 0) is 33.4 Å². The summed E-state index contributed by atoms with van der Waals surface area (Å²) in [7, 11) is 3.22. The van der Waals surface area contributed by atoms with E-state index < -0.39 is 17.2 Å². The molecule has 1 aliphatic carbocycles. The van der Waals surface area contributed by atoms with Crippen molar-refractivity contribution in [2.45, 2.75) is 64.2 Å². The van der Waals surface area contributed by atoms with Crippen LogP contribution in [0.3, 0.4) is 0 Å². The first kappa shape index (κ1) is 29.3. The van der Waals surface area contributed by atoms with Gasteiger partial charge >= 0.3 is 6.18 Å². The number of pyridine rings is 1. The molecule has 3 aliphatic rings. The lowest BCUT2D eigenvalue weighted by Gasteiger charge is -2.38. The maximum Gasteiger partial charge on any atom is 0.417 e. The fourth-order valence-electron chi connectivity index (χ4n) is 6.44. The zero-order valence-corrected chi connectivity index (χ0v) is 23.2. The van der Waals surface area contributed by atoms with Crippen molar-refractivity contribution in [2.24, 2.45) is 11.3 Å². The SMILES string of the molecule is C=C(/C=C\C(=C/C)C1CCC(N2CCC(COC)(C(=O)N3CCc4ncc(C(F)(F)F)cc4C3)C2)CC1)OC. The molecule has 39 heavy (non-hydrogen) atoms. The van der Waals surface area contributed by atoms with Gasteiger partial charge in [-0.1, -0.05) is 18.7 Å².